The molecular formula is C27H30N2O6. The molecule has 184 valence electrons. The van der Waals surface area contributed by atoms with Gasteiger partial charge in [0.25, 0.3) is 0 Å². The van der Waals surface area contributed by atoms with E-state index in [9.17, 15) is 19.5 Å². The van der Waals surface area contributed by atoms with Crippen molar-refractivity contribution in [2.75, 3.05) is 6.61 Å². The predicted octanol–water partition coefficient (Wildman–Crippen LogP) is 3.99. The Morgan fingerprint density at radius 3 is 2.23 bits per heavy atom. The monoisotopic (exact) mass is 478 g/mol. The summed E-state index contributed by atoms with van der Waals surface area (Å²) in [7, 11) is 0. The average Bonchev–Trinajstić information content (AvgIpc) is 3.50. The molecule has 0 bridgehead atoms. The zero-order chi connectivity index (χ0) is 24.4. The number of aliphatic carboxylic acids is 1. The van der Waals surface area contributed by atoms with Crippen molar-refractivity contribution >= 4 is 18.0 Å². The van der Waals surface area contributed by atoms with Gasteiger partial charge in [0, 0.05) is 18.4 Å². The standard InChI is InChI=1S/C27H30N2O6/c30-24(29-35-25(26(31)32)17-10-11-17)14-16-9-12-18(13-16)28-27(33)34-15-23-21-7-3-1-5-19(21)20-6-2-4-8-22(20)23/h1-8,16-18,23,25H,9-15H2,(H,28,33)(H,29,30)(H,31,32). The summed E-state index contributed by atoms with van der Waals surface area (Å²) in [5, 5.41) is 12.1. The van der Waals surface area contributed by atoms with Gasteiger partial charge < -0.3 is 15.2 Å². The molecule has 3 aliphatic carbocycles. The van der Waals surface area contributed by atoms with Crippen LogP contribution in [0.1, 0.15) is 55.6 Å². The van der Waals surface area contributed by atoms with Crippen molar-refractivity contribution in [3.8, 4) is 11.1 Å². The normalized spacial score (nSPS) is 21.6. The molecule has 5 rings (SSSR count). The number of hydrogen-bond donors (Lipinski definition) is 3. The second-order valence-electron chi connectivity index (χ2n) is 9.79. The highest BCUT2D eigenvalue weighted by molar-refractivity contribution is 5.79. The van der Waals surface area contributed by atoms with Crippen molar-refractivity contribution in [1.82, 2.24) is 10.8 Å². The summed E-state index contributed by atoms with van der Waals surface area (Å²) in [6, 6.07) is 16.4. The number of nitrogens with one attached hydrogen (secondary N) is 2. The molecule has 0 heterocycles. The number of hydrogen-bond acceptors (Lipinski definition) is 5. The van der Waals surface area contributed by atoms with Gasteiger partial charge in [0.2, 0.25) is 5.91 Å². The number of ether oxygens (including phenoxy) is 1. The number of carboxylic acids is 1. The first-order chi connectivity index (χ1) is 17.0. The van der Waals surface area contributed by atoms with Gasteiger partial charge in [-0.25, -0.2) is 15.1 Å². The number of hydroxylamine groups is 1. The van der Waals surface area contributed by atoms with Crippen molar-refractivity contribution < 1.29 is 29.1 Å². The van der Waals surface area contributed by atoms with Crippen molar-refractivity contribution in [1.29, 1.82) is 0 Å². The van der Waals surface area contributed by atoms with Gasteiger partial charge in [-0.3, -0.25) is 9.63 Å². The molecule has 2 fully saturated rings. The lowest BCUT2D eigenvalue weighted by Gasteiger charge is -2.17. The smallest absolute Gasteiger partial charge is 0.407 e. The molecule has 0 saturated heterocycles. The van der Waals surface area contributed by atoms with Gasteiger partial charge in [0.15, 0.2) is 6.10 Å². The van der Waals surface area contributed by atoms with E-state index >= 15 is 0 Å². The topological polar surface area (TPSA) is 114 Å². The molecular weight excluding hydrogens is 448 g/mol. The minimum Gasteiger partial charge on any atom is -0.479 e. The third kappa shape index (κ3) is 5.32. The number of amides is 2. The average molecular weight is 479 g/mol. The van der Waals surface area contributed by atoms with Gasteiger partial charge >= 0.3 is 12.1 Å². The SMILES string of the molecule is O=C(CC1CCC(NC(=O)OCC2c3ccccc3-c3ccccc32)C1)NOC(C(=O)O)C1CC1. The predicted molar refractivity (Wildman–Crippen MR) is 127 cm³/mol. The maximum absolute atomic E-state index is 12.5. The van der Waals surface area contributed by atoms with Gasteiger partial charge in [-0.2, -0.15) is 0 Å². The number of benzene rings is 2. The second-order valence-corrected chi connectivity index (χ2v) is 9.79. The Kier molecular flexibility index (Phi) is 6.72. The van der Waals surface area contributed by atoms with Crippen LogP contribution in [0.15, 0.2) is 48.5 Å². The summed E-state index contributed by atoms with van der Waals surface area (Å²) in [6.07, 6.45) is 2.65. The van der Waals surface area contributed by atoms with E-state index in [1.54, 1.807) is 0 Å². The van der Waals surface area contributed by atoms with Crippen molar-refractivity contribution in [3.63, 3.8) is 0 Å². The lowest BCUT2D eigenvalue weighted by Crippen LogP contribution is -2.36. The van der Waals surface area contributed by atoms with Crippen molar-refractivity contribution in [3.05, 3.63) is 59.7 Å². The number of carboxylic acid groups (broad SMARTS) is 1. The Morgan fingerprint density at radius 2 is 1.60 bits per heavy atom. The first-order valence-electron chi connectivity index (χ1n) is 12.3. The van der Waals surface area contributed by atoms with Crippen molar-refractivity contribution in [2.24, 2.45) is 11.8 Å². The molecule has 2 aromatic rings. The van der Waals surface area contributed by atoms with E-state index in [0.29, 0.717) is 6.42 Å². The Morgan fingerprint density at radius 1 is 0.943 bits per heavy atom. The summed E-state index contributed by atoms with van der Waals surface area (Å²) in [6.45, 7) is 0.265. The largest absolute Gasteiger partial charge is 0.479 e. The molecule has 2 aromatic carbocycles. The van der Waals surface area contributed by atoms with Crippen LogP contribution in [0, 0.1) is 11.8 Å². The summed E-state index contributed by atoms with van der Waals surface area (Å²) >= 11 is 0. The van der Waals surface area contributed by atoms with E-state index < -0.39 is 18.2 Å². The highest BCUT2D eigenvalue weighted by Gasteiger charge is 2.38. The Balaban J connectivity index is 1.07. The molecule has 0 aliphatic heterocycles. The van der Waals surface area contributed by atoms with E-state index in [-0.39, 0.29) is 42.7 Å². The molecule has 0 spiro atoms. The minimum atomic E-state index is -1.05. The van der Waals surface area contributed by atoms with E-state index in [2.05, 4.69) is 35.1 Å². The van der Waals surface area contributed by atoms with Crippen LogP contribution >= 0.6 is 0 Å². The number of rotatable bonds is 9. The molecule has 3 unspecified atom stereocenters. The van der Waals surface area contributed by atoms with Crippen LogP contribution in [0.4, 0.5) is 4.79 Å². The maximum Gasteiger partial charge on any atom is 0.407 e. The third-order valence-corrected chi connectivity index (χ3v) is 7.27. The lowest BCUT2D eigenvalue weighted by atomic mass is 9.98. The minimum absolute atomic E-state index is 0.0124. The molecule has 35 heavy (non-hydrogen) atoms. The number of fused-ring (bicyclic) bond motifs is 3. The van der Waals surface area contributed by atoms with Gasteiger partial charge in [0.05, 0.1) is 0 Å². The van der Waals surface area contributed by atoms with Crippen molar-refractivity contribution in [2.45, 2.75) is 56.6 Å². The van der Waals surface area contributed by atoms with E-state index in [0.717, 1.165) is 25.7 Å². The Labute approximate surface area is 204 Å². The molecule has 0 aromatic heterocycles. The van der Waals surface area contributed by atoms with E-state index in [4.69, 9.17) is 9.57 Å². The first kappa shape index (κ1) is 23.4. The van der Waals surface area contributed by atoms with Crippen LogP contribution in [-0.4, -0.2) is 41.8 Å². The summed E-state index contributed by atoms with van der Waals surface area (Å²) in [5.41, 5.74) is 7.01. The summed E-state index contributed by atoms with van der Waals surface area (Å²) in [5.74, 6) is -1.30. The van der Waals surface area contributed by atoms with Crippen LogP contribution in [0.3, 0.4) is 0 Å². The van der Waals surface area contributed by atoms with Crippen LogP contribution in [0.25, 0.3) is 11.1 Å². The van der Waals surface area contributed by atoms with Gasteiger partial charge in [0.1, 0.15) is 6.61 Å². The third-order valence-electron chi connectivity index (χ3n) is 7.27. The van der Waals surface area contributed by atoms with E-state index in [1.807, 2.05) is 24.3 Å². The number of carbonyl (C=O) groups is 3. The first-order valence-corrected chi connectivity index (χ1v) is 12.3. The molecule has 3 atom stereocenters. The molecule has 2 saturated carbocycles. The highest BCUT2D eigenvalue weighted by atomic mass is 16.7. The van der Waals surface area contributed by atoms with Gasteiger partial charge in [-0.05, 0) is 66.2 Å². The van der Waals surface area contributed by atoms with Crippen LogP contribution < -0.4 is 10.8 Å². The number of alkyl carbamates (subject to hydrolysis) is 1. The fourth-order valence-corrected chi connectivity index (χ4v) is 5.38. The molecule has 3 aliphatic rings. The fraction of sp³-hybridized carbons (Fsp3) is 0.444. The van der Waals surface area contributed by atoms with Gasteiger partial charge in [-0.1, -0.05) is 48.5 Å². The lowest BCUT2D eigenvalue weighted by molar-refractivity contribution is -0.162. The zero-order valence-electron chi connectivity index (χ0n) is 19.4. The van der Waals surface area contributed by atoms with Crippen LogP contribution in [0.5, 0.6) is 0 Å². The molecule has 3 N–H and O–H groups in total. The summed E-state index contributed by atoms with van der Waals surface area (Å²) < 4.78 is 5.63. The maximum atomic E-state index is 12.5. The second kappa shape index (κ2) is 10.1. The quantitative estimate of drug-likeness (QED) is 0.470. The molecule has 8 nitrogen and oxygen atoms in total. The van der Waals surface area contributed by atoms with E-state index in [1.165, 1.54) is 22.3 Å². The molecule has 2 amide bonds. The van der Waals surface area contributed by atoms with Crippen LogP contribution in [0.2, 0.25) is 0 Å². The Bertz CT molecular complexity index is 1070. The molecule has 0 radical (unpaired) electrons. The fourth-order valence-electron chi connectivity index (χ4n) is 5.38. The molecule has 8 heteroatoms. The zero-order valence-corrected chi connectivity index (χ0v) is 19.4. The highest BCUT2D eigenvalue weighted by Crippen LogP contribution is 2.44. The number of carbonyl (C=O) groups excluding carboxylic acids is 2. The van der Waals surface area contributed by atoms with Crippen LogP contribution in [-0.2, 0) is 19.2 Å². The Hall–Kier alpha value is -3.39. The summed E-state index contributed by atoms with van der Waals surface area (Å²) in [4.78, 5) is 41.1. The van der Waals surface area contributed by atoms with Gasteiger partial charge in [-0.15, -0.1) is 0 Å².